The second kappa shape index (κ2) is 7.91. The molecule has 0 unspecified atom stereocenters. The van der Waals surface area contributed by atoms with Gasteiger partial charge < -0.3 is 15.7 Å². The predicted octanol–water partition coefficient (Wildman–Crippen LogP) is 2.80. The number of aromatic nitrogens is 1. The van der Waals surface area contributed by atoms with Gasteiger partial charge in [0.15, 0.2) is 0 Å². The monoisotopic (exact) mass is 319 g/mol. The molecule has 0 saturated carbocycles. The molecule has 0 radical (unpaired) electrons. The lowest BCUT2D eigenvalue weighted by molar-refractivity contribution is 0.216. The van der Waals surface area contributed by atoms with Crippen LogP contribution in [-0.2, 0) is 6.54 Å². The van der Waals surface area contributed by atoms with E-state index in [9.17, 15) is 9.90 Å². The molecule has 0 saturated heterocycles. The fourth-order valence-corrected chi connectivity index (χ4v) is 2.85. The molecule has 1 heterocycles. The highest BCUT2D eigenvalue weighted by Crippen LogP contribution is 2.17. The minimum atomic E-state index is -0.413. The van der Waals surface area contributed by atoms with Gasteiger partial charge in [-0.3, -0.25) is 0 Å². The highest BCUT2D eigenvalue weighted by atomic mass is 32.1. The molecular formula is C16H21N3O2S. The van der Waals surface area contributed by atoms with Crippen LogP contribution in [0.25, 0.3) is 0 Å². The molecule has 1 aromatic heterocycles. The first-order valence-electron chi connectivity index (χ1n) is 7.24. The van der Waals surface area contributed by atoms with Gasteiger partial charge in [-0.25, -0.2) is 9.78 Å². The molecule has 22 heavy (non-hydrogen) atoms. The topological polar surface area (TPSA) is 74.2 Å². The molecule has 2 aromatic rings. The van der Waals surface area contributed by atoms with Crippen LogP contribution in [0.4, 0.5) is 4.79 Å². The van der Waals surface area contributed by atoms with Crippen molar-refractivity contribution in [3.8, 4) is 0 Å². The van der Waals surface area contributed by atoms with Crippen LogP contribution < -0.4 is 10.6 Å². The largest absolute Gasteiger partial charge is 0.394 e. The molecule has 0 aliphatic heterocycles. The third-order valence-corrected chi connectivity index (χ3v) is 4.12. The maximum absolute atomic E-state index is 11.9. The number of nitrogens with zero attached hydrogens (tertiary/aromatic N) is 1. The van der Waals surface area contributed by atoms with Crippen molar-refractivity contribution in [2.24, 2.45) is 0 Å². The van der Waals surface area contributed by atoms with Gasteiger partial charge in [0.1, 0.15) is 5.01 Å². The van der Waals surface area contributed by atoms with Gasteiger partial charge in [-0.05, 0) is 11.5 Å². The standard InChI is InChI=1S/C16H21N3O2S/c1-11(2)14-10-22-15(18-14)8-17-16(21)19-13(9-20)12-6-4-3-5-7-12/h3-7,10-11,13,20H,8-9H2,1-2H3,(H2,17,19,21)/t13-/m1/s1. The second-order valence-electron chi connectivity index (χ2n) is 5.29. The minimum absolute atomic E-state index is 0.147. The zero-order chi connectivity index (χ0) is 15.9. The fraction of sp³-hybridized carbons (Fsp3) is 0.375. The third kappa shape index (κ3) is 4.54. The van der Waals surface area contributed by atoms with E-state index in [1.807, 2.05) is 35.7 Å². The van der Waals surface area contributed by atoms with Gasteiger partial charge in [0.25, 0.3) is 0 Å². The van der Waals surface area contributed by atoms with Gasteiger partial charge >= 0.3 is 6.03 Å². The number of hydrogen-bond donors (Lipinski definition) is 3. The SMILES string of the molecule is CC(C)c1csc(CNC(=O)N[C@H](CO)c2ccccc2)n1. The van der Waals surface area contributed by atoms with E-state index in [0.29, 0.717) is 12.5 Å². The van der Waals surface area contributed by atoms with E-state index in [4.69, 9.17) is 0 Å². The molecule has 0 spiro atoms. The Hall–Kier alpha value is -1.92. The average Bonchev–Trinajstić information content (AvgIpc) is 3.01. The number of benzene rings is 1. The highest BCUT2D eigenvalue weighted by Gasteiger charge is 2.13. The van der Waals surface area contributed by atoms with Crippen molar-refractivity contribution in [1.82, 2.24) is 15.6 Å². The van der Waals surface area contributed by atoms with E-state index >= 15 is 0 Å². The van der Waals surface area contributed by atoms with Gasteiger partial charge in [0, 0.05) is 5.38 Å². The molecule has 6 heteroatoms. The van der Waals surface area contributed by atoms with Crippen molar-refractivity contribution in [1.29, 1.82) is 0 Å². The van der Waals surface area contributed by atoms with Crippen LogP contribution >= 0.6 is 11.3 Å². The maximum Gasteiger partial charge on any atom is 0.315 e. The Morgan fingerprint density at radius 3 is 2.64 bits per heavy atom. The van der Waals surface area contributed by atoms with Crippen molar-refractivity contribution in [2.45, 2.75) is 32.4 Å². The number of rotatable bonds is 6. The van der Waals surface area contributed by atoms with Crippen LogP contribution in [0.5, 0.6) is 0 Å². The molecule has 5 nitrogen and oxygen atoms in total. The summed E-state index contributed by atoms with van der Waals surface area (Å²) in [4.78, 5) is 16.4. The van der Waals surface area contributed by atoms with Crippen LogP contribution in [-0.4, -0.2) is 22.7 Å². The van der Waals surface area contributed by atoms with Crippen molar-refractivity contribution >= 4 is 17.4 Å². The van der Waals surface area contributed by atoms with Crippen LogP contribution in [0.1, 0.15) is 42.1 Å². The zero-order valence-corrected chi connectivity index (χ0v) is 13.6. The number of thiazole rings is 1. The Balaban J connectivity index is 1.86. The first kappa shape index (κ1) is 16.5. The second-order valence-corrected chi connectivity index (χ2v) is 6.24. The van der Waals surface area contributed by atoms with Crippen molar-refractivity contribution < 1.29 is 9.90 Å². The number of hydrogen-bond acceptors (Lipinski definition) is 4. The molecule has 0 aliphatic carbocycles. The minimum Gasteiger partial charge on any atom is -0.394 e. The van der Waals surface area contributed by atoms with Crippen LogP contribution in [0, 0.1) is 0 Å². The maximum atomic E-state index is 11.9. The first-order valence-corrected chi connectivity index (χ1v) is 8.12. The van der Waals surface area contributed by atoms with E-state index in [2.05, 4.69) is 29.5 Å². The van der Waals surface area contributed by atoms with E-state index < -0.39 is 6.04 Å². The molecule has 1 atom stereocenters. The highest BCUT2D eigenvalue weighted by molar-refractivity contribution is 7.09. The van der Waals surface area contributed by atoms with Crippen molar-refractivity contribution in [2.75, 3.05) is 6.61 Å². The summed E-state index contributed by atoms with van der Waals surface area (Å²) in [7, 11) is 0. The Morgan fingerprint density at radius 2 is 2.05 bits per heavy atom. The number of amides is 2. The molecule has 0 aliphatic rings. The average molecular weight is 319 g/mol. The number of carbonyl (C=O) groups excluding carboxylic acids is 1. The summed E-state index contributed by atoms with van der Waals surface area (Å²) in [5.74, 6) is 0.385. The summed E-state index contributed by atoms with van der Waals surface area (Å²) in [6.07, 6.45) is 0. The van der Waals surface area contributed by atoms with E-state index in [1.54, 1.807) is 0 Å². The lowest BCUT2D eigenvalue weighted by atomic mass is 10.1. The molecule has 1 aromatic carbocycles. The molecule has 118 valence electrons. The first-order chi connectivity index (χ1) is 10.6. The quantitative estimate of drug-likeness (QED) is 0.766. The summed E-state index contributed by atoms with van der Waals surface area (Å²) in [6, 6.07) is 8.66. The van der Waals surface area contributed by atoms with Crippen LogP contribution in [0.2, 0.25) is 0 Å². The zero-order valence-electron chi connectivity index (χ0n) is 12.7. The molecule has 3 N–H and O–H groups in total. The fourth-order valence-electron chi connectivity index (χ4n) is 1.96. The van der Waals surface area contributed by atoms with Gasteiger partial charge in [-0.15, -0.1) is 11.3 Å². The predicted molar refractivity (Wildman–Crippen MR) is 87.8 cm³/mol. The summed E-state index contributed by atoms with van der Waals surface area (Å²) < 4.78 is 0. The van der Waals surface area contributed by atoms with E-state index in [-0.39, 0.29) is 12.6 Å². The van der Waals surface area contributed by atoms with Crippen molar-refractivity contribution in [3.63, 3.8) is 0 Å². The smallest absolute Gasteiger partial charge is 0.315 e. The molecule has 2 amide bonds. The van der Waals surface area contributed by atoms with Crippen LogP contribution in [0.15, 0.2) is 35.7 Å². The molecule has 0 bridgehead atoms. The number of nitrogens with one attached hydrogen (secondary N) is 2. The lowest BCUT2D eigenvalue weighted by Crippen LogP contribution is -2.38. The Bertz CT molecular complexity index is 598. The summed E-state index contributed by atoms with van der Waals surface area (Å²) >= 11 is 1.54. The van der Waals surface area contributed by atoms with E-state index in [0.717, 1.165) is 16.3 Å². The van der Waals surface area contributed by atoms with Gasteiger partial charge in [0.05, 0.1) is 24.9 Å². The lowest BCUT2D eigenvalue weighted by Gasteiger charge is -2.16. The number of urea groups is 1. The van der Waals surface area contributed by atoms with E-state index in [1.165, 1.54) is 11.3 Å². The Morgan fingerprint density at radius 1 is 1.32 bits per heavy atom. The normalized spacial score (nSPS) is 12.2. The number of aliphatic hydroxyl groups excluding tert-OH is 1. The Labute approximate surface area is 134 Å². The summed E-state index contributed by atoms with van der Waals surface area (Å²) in [5.41, 5.74) is 1.91. The summed E-state index contributed by atoms with van der Waals surface area (Å²) in [5, 5.41) is 17.8. The van der Waals surface area contributed by atoms with Gasteiger partial charge in [-0.2, -0.15) is 0 Å². The molecule has 2 rings (SSSR count). The van der Waals surface area contributed by atoms with Gasteiger partial charge in [0.2, 0.25) is 0 Å². The third-order valence-electron chi connectivity index (χ3n) is 3.25. The molecular weight excluding hydrogens is 298 g/mol. The Kier molecular flexibility index (Phi) is 5.91. The molecule has 0 fully saturated rings. The number of aliphatic hydroxyl groups is 1. The van der Waals surface area contributed by atoms with Gasteiger partial charge in [-0.1, -0.05) is 44.2 Å². The van der Waals surface area contributed by atoms with Crippen LogP contribution in [0.3, 0.4) is 0 Å². The number of carbonyl (C=O) groups is 1. The summed E-state index contributed by atoms with van der Waals surface area (Å²) in [6.45, 7) is 4.41. The van der Waals surface area contributed by atoms with Crippen molar-refractivity contribution in [3.05, 3.63) is 52.0 Å².